The van der Waals surface area contributed by atoms with Gasteiger partial charge in [0.15, 0.2) is 11.5 Å². The lowest BCUT2D eigenvalue weighted by molar-refractivity contribution is -0.137. The molecular formula is C19H17Cl2F3N2O6S2. The van der Waals surface area contributed by atoms with Crippen molar-refractivity contribution in [1.82, 2.24) is 8.61 Å². The van der Waals surface area contributed by atoms with Crippen LogP contribution in [-0.2, 0) is 26.2 Å². The van der Waals surface area contributed by atoms with E-state index in [1.54, 1.807) is 0 Å². The third-order valence-electron chi connectivity index (χ3n) is 5.27. The lowest BCUT2D eigenvalue weighted by Crippen LogP contribution is -2.50. The number of halogens is 5. The standard InChI is InChI=1S/C19H17Cl2F3N2O6S2/c20-14-9-12(19(22,23)24)10-15(21)18(14)34(29,30)26-5-3-25(4-6-26)33(27,28)13-1-2-16-17(11-13)32-8-7-31-16/h1-2,9-11H,3-8H2. The number of hydrogen-bond acceptors (Lipinski definition) is 6. The molecule has 8 nitrogen and oxygen atoms in total. The Morgan fingerprint density at radius 2 is 1.26 bits per heavy atom. The molecule has 2 aromatic rings. The molecule has 2 aliphatic rings. The van der Waals surface area contributed by atoms with Crippen molar-refractivity contribution in [2.75, 3.05) is 39.4 Å². The Kier molecular flexibility index (Phi) is 6.72. The molecule has 186 valence electrons. The van der Waals surface area contributed by atoms with Crippen LogP contribution in [0.5, 0.6) is 11.5 Å². The van der Waals surface area contributed by atoms with Gasteiger partial charge in [-0.25, -0.2) is 16.8 Å². The second-order valence-corrected chi connectivity index (χ2v) is 12.0. The molecule has 0 unspecified atom stereocenters. The molecule has 15 heteroatoms. The molecule has 0 radical (unpaired) electrons. The van der Waals surface area contributed by atoms with Crippen molar-refractivity contribution in [2.45, 2.75) is 16.0 Å². The Morgan fingerprint density at radius 3 is 1.79 bits per heavy atom. The number of hydrogen-bond donors (Lipinski definition) is 0. The maximum atomic E-state index is 13.1. The smallest absolute Gasteiger partial charge is 0.416 e. The van der Waals surface area contributed by atoms with Crippen LogP contribution in [0.2, 0.25) is 10.0 Å². The number of sulfonamides is 2. The summed E-state index contributed by atoms with van der Waals surface area (Å²) in [5.41, 5.74) is -1.18. The number of benzene rings is 2. The molecule has 2 aliphatic heterocycles. The molecule has 0 bridgehead atoms. The summed E-state index contributed by atoms with van der Waals surface area (Å²) in [5.74, 6) is 0.714. The molecule has 1 fully saturated rings. The number of ether oxygens (including phenoxy) is 2. The van der Waals surface area contributed by atoms with Crippen LogP contribution in [0.1, 0.15) is 5.56 Å². The molecule has 0 aliphatic carbocycles. The minimum atomic E-state index is -4.76. The van der Waals surface area contributed by atoms with Gasteiger partial charge < -0.3 is 9.47 Å². The molecule has 34 heavy (non-hydrogen) atoms. The first-order chi connectivity index (χ1) is 15.8. The zero-order valence-electron chi connectivity index (χ0n) is 17.2. The van der Waals surface area contributed by atoms with Crippen molar-refractivity contribution in [3.05, 3.63) is 45.9 Å². The van der Waals surface area contributed by atoms with E-state index in [1.165, 1.54) is 18.2 Å². The summed E-state index contributed by atoms with van der Waals surface area (Å²) in [6, 6.07) is 5.17. The van der Waals surface area contributed by atoms with Crippen LogP contribution < -0.4 is 9.47 Å². The molecule has 0 saturated carbocycles. The van der Waals surface area contributed by atoms with Crippen LogP contribution in [-0.4, -0.2) is 64.8 Å². The first-order valence-corrected chi connectivity index (χ1v) is 13.4. The van der Waals surface area contributed by atoms with Crippen molar-refractivity contribution in [3.8, 4) is 11.5 Å². The van der Waals surface area contributed by atoms with Gasteiger partial charge in [-0.3, -0.25) is 0 Å². The fraction of sp³-hybridized carbons (Fsp3) is 0.368. The van der Waals surface area contributed by atoms with E-state index in [9.17, 15) is 30.0 Å². The topological polar surface area (TPSA) is 93.2 Å². The Morgan fingerprint density at radius 1 is 0.765 bits per heavy atom. The van der Waals surface area contributed by atoms with Gasteiger partial charge in [0.2, 0.25) is 20.0 Å². The summed E-state index contributed by atoms with van der Waals surface area (Å²) in [6.45, 7) is -0.248. The molecule has 2 heterocycles. The second-order valence-electron chi connectivity index (χ2n) is 7.38. The predicted octanol–water partition coefficient (Wildman–Crippen LogP) is 3.48. The predicted molar refractivity (Wildman–Crippen MR) is 116 cm³/mol. The van der Waals surface area contributed by atoms with E-state index in [-0.39, 0.29) is 37.7 Å². The Labute approximate surface area is 203 Å². The monoisotopic (exact) mass is 560 g/mol. The van der Waals surface area contributed by atoms with Gasteiger partial charge in [0, 0.05) is 32.2 Å². The third-order valence-corrected chi connectivity index (χ3v) is 9.99. The van der Waals surface area contributed by atoms with Crippen molar-refractivity contribution in [2.24, 2.45) is 0 Å². The van der Waals surface area contributed by atoms with E-state index >= 15 is 0 Å². The molecule has 0 aromatic heterocycles. The van der Waals surface area contributed by atoms with Crippen LogP contribution in [0, 0.1) is 0 Å². The van der Waals surface area contributed by atoms with E-state index in [2.05, 4.69) is 0 Å². The molecule has 0 N–H and O–H groups in total. The summed E-state index contributed by atoms with van der Waals surface area (Å²) in [5, 5.41) is -1.35. The number of nitrogens with zero attached hydrogens (tertiary/aromatic N) is 2. The zero-order chi connectivity index (χ0) is 24.9. The third kappa shape index (κ3) is 4.69. The summed E-state index contributed by atoms with van der Waals surface area (Å²) >= 11 is 11.7. The highest BCUT2D eigenvalue weighted by Gasteiger charge is 2.38. The Hall–Kier alpha value is -1.77. The van der Waals surface area contributed by atoms with E-state index in [1.807, 2.05) is 0 Å². The van der Waals surface area contributed by atoms with Crippen molar-refractivity contribution in [1.29, 1.82) is 0 Å². The molecule has 4 rings (SSSR count). The number of fused-ring (bicyclic) bond motifs is 1. The maximum Gasteiger partial charge on any atom is 0.416 e. The van der Waals surface area contributed by atoms with Crippen molar-refractivity contribution >= 4 is 43.2 Å². The highest BCUT2D eigenvalue weighted by molar-refractivity contribution is 7.89. The maximum absolute atomic E-state index is 13.1. The first-order valence-electron chi connectivity index (χ1n) is 9.78. The summed E-state index contributed by atoms with van der Waals surface area (Å²) in [7, 11) is -8.36. The largest absolute Gasteiger partial charge is 0.486 e. The van der Waals surface area contributed by atoms with Gasteiger partial charge in [-0.15, -0.1) is 0 Å². The minimum Gasteiger partial charge on any atom is -0.486 e. The van der Waals surface area contributed by atoms with Crippen molar-refractivity contribution in [3.63, 3.8) is 0 Å². The molecule has 1 saturated heterocycles. The fourth-order valence-electron chi connectivity index (χ4n) is 3.58. The quantitative estimate of drug-likeness (QED) is 0.568. The summed E-state index contributed by atoms with van der Waals surface area (Å²) in [4.78, 5) is -0.700. The zero-order valence-corrected chi connectivity index (χ0v) is 20.3. The summed E-state index contributed by atoms with van der Waals surface area (Å²) in [6.07, 6.45) is -4.76. The average molecular weight is 561 g/mol. The van der Waals surface area contributed by atoms with Crippen molar-refractivity contribution < 1.29 is 39.5 Å². The minimum absolute atomic E-state index is 0.0399. The van der Waals surface area contributed by atoms with Gasteiger partial charge >= 0.3 is 6.18 Å². The van der Waals surface area contributed by atoms with Crippen LogP contribution >= 0.6 is 23.2 Å². The molecule has 0 spiro atoms. The van der Waals surface area contributed by atoms with Gasteiger partial charge in [-0.05, 0) is 24.3 Å². The van der Waals surface area contributed by atoms with E-state index in [4.69, 9.17) is 32.7 Å². The van der Waals surface area contributed by atoms with Crippen LogP contribution in [0.4, 0.5) is 13.2 Å². The lowest BCUT2D eigenvalue weighted by atomic mass is 10.2. The van der Waals surface area contributed by atoms with Crippen LogP contribution in [0.25, 0.3) is 0 Å². The van der Waals surface area contributed by atoms with Gasteiger partial charge in [-0.1, -0.05) is 23.2 Å². The van der Waals surface area contributed by atoms with Gasteiger partial charge in [0.05, 0.1) is 20.5 Å². The SMILES string of the molecule is O=S(=O)(c1ccc2c(c1)OCCO2)N1CCN(S(=O)(=O)c2c(Cl)cc(C(F)(F)F)cc2Cl)CC1. The van der Waals surface area contributed by atoms with Crippen LogP contribution in [0.15, 0.2) is 40.1 Å². The van der Waals surface area contributed by atoms with Crippen LogP contribution in [0.3, 0.4) is 0 Å². The summed E-state index contributed by atoms with van der Waals surface area (Å²) < 4.78 is 104. The number of alkyl halides is 3. The van der Waals surface area contributed by atoms with Gasteiger partial charge in [-0.2, -0.15) is 21.8 Å². The van der Waals surface area contributed by atoms with E-state index < -0.39 is 46.7 Å². The lowest BCUT2D eigenvalue weighted by Gasteiger charge is -2.33. The van der Waals surface area contributed by atoms with E-state index in [0.717, 1.165) is 8.61 Å². The highest BCUT2D eigenvalue weighted by atomic mass is 35.5. The highest BCUT2D eigenvalue weighted by Crippen LogP contribution is 2.39. The van der Waals surface area contributed by atoms with Gasteiger partial charge in [0.1, 0.15) is 18.1 Å². The van der Waals surface area contributed by atoms with Gasteiger partial charge in [0.25, 0.3) is 0 Å². The number of rotatable bonds is 4. The molecule has 0 atom stereocenters. The second kappa shape index (κ2) is 9.03. The fourth-order valence-corrected chi connectivity index (χ4v) is 7.61. The average Bonchev–Trinajstić information content (AvgIpc) is 2.77. The molecular weight excluding hydrogens is 544 g/mol. The van der Waals surface area contributed by atoms with E-state index in [0.29, 0.717) is 30.2 Å². The molecule has 2 aromatic carbocycles. The first kappa shape index (κ1) is 25.3. The normalized spacial score (nSPS) is 18.1. The number of piperazine rings is 1. The molecule has 0 amide bonds. The Bertz CT molecular complexity index is 1310. The Balaban J connectivity index is 1.53.